The lowest BCUT2D eigenvalue weighted by Crippen LogP contribution is -2.38. The van der Waals surface area contributed by atoms with Gasteiger partial charge in [0.25, 0.3) is 11.8 Å². The Balaban J connectivity index is 0.00000243. The number of thioether (sulfide) groups is 1. The molecule has 6 nitrogen and oxygen atoms in total. The van der Waals surface area contributed by atoms with Gasteiger partial charge in [0, 0.05) is 42.4 Å². The van der Waals surface area contributed by atoms with Crippen molar-refractivity contribution in [3.63, 3.8) is 0 Å². The molecule has 2 fully saturated rings. The van der Waals surface area contributed by atoms with Gasteiger partial charge in [0.05, 0.1) is 6.10 Å². The SMILES string of the molecule is Cc1c(NC(=O)[C@@H]2CC[C@H](CN)O2)cccc1C(=O)N1CCSCC1.Cl. The highest BCUT2D eigenvalue weighted by atomic mass is 35.5. The fraction of sp³-hybridized carbons (Fsp3) is 0.556. The second-order valence-corrected chi connectivity index (χ2v) is 7.66. The summed E-state index contributed by atoms with van der Waals surface area (Å²) in [6.07, 6.45) is 0.976. The van der Waals surface area contributed by atoms with Crippen LogP contribution in [0.3, 0.4) is 0 Å². The smallest absolute Gasteiger partial charge is 0.254 e. The molecule has 2 amide bonds. The summed E-state index contributed by atoms with van der Waals surface area (Å²) in [4.78, 5) is 27.1. The first kappa shape index (κ1) is 21.0. The van der Waals surface area contributed by atoms with Gasteiger partial charge < -0.3 is 20.7 Å². The van der Waals surface area contributed by atoms with E-state index in [0.717, 1.165) is 36.6 Å². The van der Waals surface area contributed by atoms with Crippen LogP contribution in [0, 0.1) is 6.92 Å². The Morgan fingerprint density at radius 1 is 1.31 bits per heavy atom. The standard InChI is InChI=1S/C18H25N3O3S.ClH/c1-12-14(18(23)21-7-9-25-10-8-21)3-2-4-15(12)20-17(22)16-6-5-13(11-19)24-16;/h2-4,13,16H,5-11,19H2,1H3,(H,20,22);1H/t13-,16+;/m1./s1. The highest BCUT2D eigenvalue weighted by Gasteiger charge is 2.30. The number of anilines is 1. The van der Waals surface area contributed by atoms with Crippen LogP contribution in [0.1, 0.15) is 28.8 Å². The van der Waals surface area contributed by atoms with Crippen LogP contribution in [-0.4, -0.2) is 60.1 Å². The van der Waals surface area contributed by atoms with Crippen molar-refractivity contribution in [1.82, 2.24) is 4.90 Å². The summed E-state index contributed by atoms with van der Waals surface area (Å²) in [6, 6.07) is 5.46. The van der Waals surface area contributed by atoms with E-state index in [4.69, 9.17) is 10.5 Å². The largest absolute Gasteiger partial charge is 0.364 e. The van der Waals surface area contributed by atoms with Crippen LogP contribution in [0.25, 0.3) is 0 Å². The third-order valence-electron chi connectivity index (χ3n) is 4.78. The van der Waals surface area contributed by atoms with Crippen LogP contribution < -0.4 is 11.1 Å². The zero-order valence-corrected chi connectivity index (χ0v) is 16.5. The first-order chi connectivity index (χ1) is 12.1. The van der Waals surface area contributed by atoms with Gasteiger partial charge in [-0.2, -0.15) is 11.8 Å². The molecule has 3 N–H and O–H groups in total. The molecule has 26 heavy (non-hydrogen) atoms. The zero-order chi connectivity index (χ0) is 17.8. The molecule has 2 aliphatic rings. The number of amides is 2. The number of benzene rings is 1. The average Bonchev–Trinajstić information content (AvgIpc) is 3.13. The summed E-state index contributed by atoms with van der Waals surface area (Å²) in [7, 11) is 0. The van der Waals surface area contributed by atoms with Gasteiger partial charge in [0.2, 0.25) is 0 Å². The lowest BCUT2D eigenvalue weighted by atomic mass is 10.0. The Hall–Kier alpha value is -1.28. The normalized spacial score (nSPS) is 22.6. The number of halogens is 1. The van der Waals surface area contributed by atoms with Crippen molar-refractivity contribution in [3.05, 3.63) is 29.3 Å². The number of ether oxygens (including phenoxy) is 1. The van der Waals surface area contributed by atoms with Crippen LogP contribution in [-0.2, 0) is 9.53 Å². The molecule has 2 atom stereocenters. The van der Waals surface area contributed by atoms with E-state index in [-0.39, 0.29) is 30.3 Å². The Bertz CT molecular complexity index is 653. The minimum Gasteiger partial charge on any atom is -0.364 e. The Labute approximate surface area is 164 Å². The fourth-order valence-electron chi connectivity index (χ4n) is 3.22. The van der Waals surface area contributed by atoms with Crippen LogP contribution in [0.2, 0.25) is 0 Å². The molecule has 0 radical (unpaired) electrons. The monoisotopic (exact) mass is 399 g/mol. The second-order valence-electron chi connectivity index (χ2n) is 6.43. The topological polar surface area (TPSA) is 84.7 Å². The maximum absolute atomic E-state index is 12.8. The molecule has 0 spiro atoms. The van der Waals surface area contributed by atoms with Crippen LogP contribution >= 0.6 is 24.2 Å². The highest BCUT2D eigenvalue weighted by molar-refractivity contribution is 7.99. The number of nitrogens with two attached hydrogens (primary N) is 1. The van der Waals surface area contributed by atoms with Gasteiger partial charge in [-0.3, -0.25) is 9.59 Å². The quantitative estimate of drug-likeness (QED) is 0.809. The lowest BCUT2D eigenvalue weighted by molar-refractivity contribution is -0.126. The average molecular weight is 400 g/mol. The van der Waals surface area contributed by atoms with Gasteiger partial charge in [0.1, 0.15) is 6.10 Å². The first-order valence-electron chi connectivity index (χ1n) is 8.73. The van der Waals surface area contributed by atoms with Gasteiger partial charge >= 0.3 is 0 Å². The van der Waals surface area contributed by atoms with Gasteiger partial charge in [0.15, 0.2) is 0 Å². The summed E-state index contributed by atoms with van der Waals surface area (Å²) in [6.45, 7) is 3.85. The number of hydrogen-bond donors (Lipinski definition) is 2. The van der Waals surface area contributed by atoms with Gasteiger partial charge in [-0.05, 0) is 37.5 Å². The molecule has 2 saturated heterocycles. The number of rotatable bonds is 4. The highest BCUT2D eigenvalue weighted by Crippen LogP contribution is 2.24. The maximum Gasteiger partial charge on any atom is 0.254 e. The van der Waals surface area contributed by atoms with Crippen LogP contribution in [0.5, 0.6) is 0 Å². The summed E-state index contributed by atoms with van der Waals surface area (Å²) < 4.78 is 5.64. The summed E-state index contributed by atoms with van der Waals surface area (Å²) in [5.41, 5.74) is 7.71. The van der Waals surface area contributed by atoms with Crippen molar-refractivity contribution in [2.24, 2.45) is 5.73 Å². The lowest BCUT2D eigenvalue weighted by Gasteiger charge is -2.27. The van der Waals surface area contributed by atoms with Crippen molar-refractivity contribution in [2.45, 2.75) is 32.0 Å². The molecule has 1 aromatic rings. The molecule has 0 saturated carbocycles. The number of carbonyl (C=O) groups excluding carboxylic acids is 2. The van der Waals surface area contributed by atoms with Gasteiger partial charge in [-0.1, -0.05) is 6.07 Å². The fourth-order valence-corrected chi connectivity index (χ4v) is 4.13. The molecular formula is C18H26ClN3O3S. The second kappa shape index (κ2) is 9.60. The summed E-state index contributed by atoms with van der Waals surface area (Å²) in [5.74, 6) is 1.82. The molecule has 0 aromatic heterocycles. The van der Waals surface area contributed by atoms with Crippen LogP contribution in [0.4, 0.5) is 5.69 Å². The number of carbonyl (C=O) groups is 2. The van der Waals surface area contributed by atoms with Crippen LogP contribution in [0.15, 0.2) is 18.2 Å². The van der Waals surface area contributed by atoms with Gasteiger partial charge in [-0.15, -0.1) is 12.4 Å². The third kappa shape index (κ3) is 4.71. The van der Waals surface area contributed by atoms with Crippen molar-refractivity contribution in [2.75, 3.05) is 36.5 Å². The Kier molecular flexibility index (Phi) is 7.76. The molecule has 3 rings (SSSR count). The number of nitrogens with zero attached hydrogens (tertiary/aromatic N) is 1. The van der Waals surface area contributed by atoms with E-state index in [1.165, 1.54) is 0 Å². The Morgan fingerprint density at radius 3 is 2.69 bits per heavy atom. The number of nitrogens with one attached hydrogen (secondary N) is 1. The molecule has 8 heteroatoms. The molecule has 1 aromatic carbocycles. The summed E-state index contributed by atoms with van der Waals surface area (Å²) >= 11 is 1.87. The van der Waals surface area contributed by atoms with E-state index in [1.54, 1.807) is 0 Å². The summed E-state index contributed by atoms with van der Waals surface area (Å²) in [5, 5.41) is 2.92. The van der Waals surface area contributed by atoms with Crippen molar-refractivity contribution in [1.29, 1.82) is 0 Å². The van der Waals surface area contributed by atoms with Gasteiger partial charge in [-0.25, -0.2) is 0 Å². The van der Waals surface area contributed by atoms with E-state index >= 15 is 0 Å². The minimum atomic E-state index is -0.466. The molecule has 0 unspecified atom stereocenters. The Morgan fingerprint density at radius 2 is 2.04 bits per heavy atom. The van der Waals surface area contributed by atoms with Crippen molar-refractivity contribution < 1.29 is 14.3 Å². The third-order valence-corrected chi connectivity index (χ3v) is 5.73. The van der Waals surface area contributed by atoms with E-state index in [1.807, 2.05) is 41.8 Å². The first-order valence-corrected chi connectivity index (χ1v) is 9.88. The minimum absolute atomic E-state index is 0. The van der Waals surface area contributed by atoms with E-state index in [2.05, 4.69) is 5.32 Å². The predicted octanol–water partition coefficient (Wildman–Crippen LogP) is 2.05. The molecular weight excluding hydrogens is 374 g/mol. The molecule has 2 heterocycles. The van der Waals surface area contributed by atoms with E-state index in [0.29, 0.717) is 24.2 Å². The molecule has 144 valence electrons. The predicted molar refractivity (Wildman–Crippen MR) is 107 cm³/mol. The molecule has 0 aliphatic carbocycles. The molecule has 0 bridgehead atoms. The number of hydrogen-bond acceptors (Lipinski definition) is 5. The maximum atomic E-state index is 12.8. The van der Waals surface area contributed by atoms with E-state index < -0.39 is 6.10 Å². The molecule has 2 aliphatic heterocycles. The zero-order valence-electron chi connectivity index (χ0n) is 14.9. The van der Waals surface area contributed by atoms with Crippen molar-refractivity contribution in [3.8, 4) is 0 Å². The van der Waals surface area contributed by atoms with E-state index in [9.17, 15) is 9.59 Å². The van der Waals surface area contributed by atoms with Crippen molar-refractivity contribution >= 4 is 41.7 Å².